The van der Waals surface area contributed by atoms with E-state index in [0.29, 0.717) is 19.2 Å². The molecule has 1 aromatic carbocycles. The number of anilines is 1. The van der Waals surface area contributed by atoms with Crippen LogP contribution < -0.4 is 14.4 Å². The van der Waals surface area contributed by atoms with E-state index in [2.05, 4.69) is 16.8 Å². The van der Waals surface area contributed by atoms with Crippen LogP contribution in [0.1, 0.15) is 39.0 Å². The number of nitrogens with zero attached hydrogens (tertiary/aromatic N) is 3. The van der Waals surface area contributed by atoms with Gasteiger partial charge in [-0.05, 0) is 56.5 Å². The second-order valence-electron chi connectivity index (χ2n) is 7.66. The topological polar surface area (TPSA) is 54.9 Å². The number of para-hydroxylation sites is 2. The number of benzene rings is 1. The van der Waals surface area contributed by atoms with Crippen LogP contribution in [0.5, 0.6) is 11.5 Å². The van der Waals surface area contributed by atoms with Gasteiger partial charge in [-0.2, -0.15) is 0 Å². The lowest BCUT2D eigenvalue weighted by molar-refractivity contribution is -0.120. The molecule has 6 heteroatoms. The Labute approximate surface area is 179 Å². The summed E-state index contributed by atoms with van der Waals surface area (Å²) in [6.07, 6.45) is 8.67. The first-order chi connectivity index (χ1) is 14.7. The van der Waals surface area contributed by atoms with E-state index in [-0.39, 0.29) is 5.91 Å². The normalized spacial score (nSPS) is 16.4. The Balaban J connectivity index is 1.55. The van der Waals surface area contributed by atoms with Crippen LogP contribution in [0.3, 0.4) is 0 Å². The van der Waals surface area contributed by atoms with E-state index >= 15 is 0 Å². The van der Waals surface area contributed by atoms with Gasteiger partial charge in [0.25, 0.3) is 0 Å². The van der Waals surface area contributed by atoms with Crippen molar-refractivity contribution in [3.05, 3.63) is 48.8 Å². The van der Waals surface area contributed by atoms with Gasteiger partial charge >= 0.3 is 0 Å². The smallest absolute Gasteiger partial charge is 0.241 e. The van der Waals surface area contributed by atoms with E-state index in [0.717, 1.165) is 62.4 Å². The van der Waals surface area contributed by atoms with Gasteiger partial charge in [0.2, 0.25) is 5.91 Å². The summed E-state index contributed by atoms with van der Waals surface area (Å²) in [5.74, 6) is 1.66. The van der Waals surface area contributed by atoms with Crippen molar-refractivity contribution < 1.29 is 14.3 Å². The zero-order valence-electron chi connectivity index (χ0n) is 18.1. The minimum absolute atomic E-state index is 0.147. The monoisotopic (exact) mass is 411 g/mol. The predicted octanol–water partition coefficient (Wildman–Crippen LogP) is 4.16. The van der Waals surface area contributed by atoms with E-state index in [9.17, 15) is 4.79 Å². The third kappa shape index (κ3) is 5.95. The average molecular weight is 412 g/mol. The number of amides is 1. The largest absolute Gasteiger partial charge is 0.493 e. The minimum Gasteiger partial charge on any atom is -0.493 e. The van der Waals surface area contributed by atoms with Crippen LogP contribution in [-0.2, 0) is 4.79 Å². The molecule has 1 atom stereocenters. The zero-order valence-corrected chi connectivity index (χ0v) is 18.1. The standard InChI is InChI=1S/C24H33N3O3/c1-3-4-16-27(21-9-7-14-25-18-21)24(28)19-26-15-8-10-20(26)13-17-30-23-12-6-5-11-22(23)29-2/h5-7,9,11-12,14,18,20H,3-4,8,10,13,15-17,19H2,1-2H3/t20-/m1/s1. The van der Waals surface area contributed by atoms with Crippen molar-refractivity contribution in [2.24, 2.45) is 0 Å². The number of aromatic nitrogens is 1. The summed E-state index contributed by atoms with van der Waals surface area (Å²) in [5.41, 5.74) is 0.881. The molecule has 0 unspecified atom stereocenters. The summed E-state index contributed by atoms with van der Waals surface area (Å²) < 4.78 is 11.3. The Morgan fingerprint density at radius 1 is 1.23 bits per heavy atom. The Bertz CT molecular complexity index is 784. The van der Waals surface area contributed by atoms with Crippen LogP contribution in [0.4, 0.5) is 5.69 Å². The van der Waals surface area contributed by atoms with E-state index in [1.165, 1.54) is 0 Å². The number of carbonyl (C=O) groups excluding carboxylic acids is 1. The van der Waals surface area contributed by atoms with Gasteiger partial charge in [0.1, 0.15) is 0 Å². The van der Waals surface area contributed by atoms with E-state index in [1.807, 2.05) is 41.3 Å². The number of rotatable bonds is 11. The lowest BCUT2D eigenvalue weighted by atomic mass is 10.1. The van der Waals surface area contributed by atoms with Crippen molar-refractivity contribution in [3.8, 4) is 11.5 Å². The lowest BCUT2D eigenvalue weighted by Crippen LogP contribution is -2.43. The number of unbranched alkanes of at least 4 members (excludes halogenated alkanes) is 1. The first-order valence-corrected chi connectivity index (χ1v) is 10.9. The Hall–Kier alpha value is -2.60. The molecule has 1 aliphatic rings. The van der Waals surface area contributed by atoms with Gasteiger partial charge in [-0.1, -0.05) is 25.5 Å². The van der Waals surface area contributed by atoms with Crippen molar-refractivity contribution in [2.45, 2.75) is 45.1 Å². The fourth-order valence-corrected chi connectivity index (χ4v) is 3.96. The van der Waals surface area contributed by atoms with Gasteiger partial charge in [0.05, 0.1) is 32.1 Å². The molecule has 0 saturated carbocycles. The maximum Gasteiger partial charge on any atom is 0.241 e. The molecule has 2 aromatic rings. The van der Waals surface area contributed by atoms with Crippen LogP contribution in [0.2, 0.25) is 0 Å². The number of carbonyl (C=O) groups is 1. The number of hydrogen-bond acceptors (Lipinski definition) is 5. The van der Waals surface area contributed by atoms with E-state index < -0.39 is 0 Å². The van der Waals surface area contributed by atoms with Gasteiger partial charge < -0.3 is 14.4 Å². The highest BCUT2D eigenvalue weighted by Crippen LogP contribution is 2.27. The molecular weight excluding hydrogens is 378 g/mol. The molecule has 0 bridgehead atoms. The molecule has 0 radical (unpaired) electrons. The lowest BCUT2D eigenvalue weighted by Gasteiger charge is -2.28. The molecule has 0 spiro atoms. The highest BCUT2D eigenvalue weighted by Gasteiger charge is 2.28. The molecule has 30 heavy (non-hydrogen) atoms. The first-order valence-electron chi connectivity index (χ1n) is 10.9. The van der Waals surface area contributed by atoms with Crippen molar-refractivity contribution in [1.29, 1.82) is 0 Å². The number of pyridine rings is 1. The van der Waals surface area contributed by atoms with E-state index in [1.54, 1.807) is 19.5 Å². The minimum atomic E-state index is 0.147. The quantitative estimate of drug-likeness (QED) is 0.556. The Kier molecular flexibility index (Phi) is 8.51. The second kappa shape index (κ2) is 11.6. The predicted molar refractivity (Wildman–Crippen MR) is 119 cm³/mol. The van der Waals surface area contributed by atoms with Crippen molar-refractivity contribution in [3.63, 3.8) is 0 Å². The number of methoxy groups -OCH3 is 1. The molecule has 1 aliphatic heterocycles. The van der Waals surface area contributed by atoms with Gasteiger partial charge in [0, 0.05) is 18.8 Å². The molecule has 3 rings (SSSR count). The third-order valence-corrected chi connectivity index (χ3v) is 5.61. The summed E-state index contributed by atoms with van der Waals surface area (Å²) in [4.78, 5) is 21.5. The van der Waals surface area contributed by atoms with Crippen molar-refractivity contribution in [2.75, 3.05) is 38.3 Å². The summed E-state index contributed by atoms with van der Waals surface area (Å²) in [6, 6.07) is 11.9. The first kappa shape index (κ1) is 22.1. The third-order valence-electron chi connectivity index (χ3n) is 5.61. The molecule has 1 aromatic heterocycles. The van der Waals surface area contributed by atoms with E-state index in [4.69, 9.17) is 9.47 Å². The van der Waals surface area contributed by atoms with Crippen LogP contribution in [0.15, 0.2) is 48.8 Å². The number of ether oxygens (including phenoxy) is 2. The van der Waals surface area contributed by atoms with Crippen LogP contribution in [-0.4, -0.2) is 55.2 Å². The highest BCUT2D eigenvalue weighted by molar-refractivity contribution is 5.94. The molecule has 6 nitrogen and oxygen atoms in total. The van der Waals surface area contributed by atoms with Crippen molar-refractivity contribution in [1.82, 2.24) is 9.88 Å². The summed E-state index contributed by atoms with van der Waals surface area (Å²) in [6.45, 7) is 4.89. The average Bonchev–Trinajstić information content (AvgIpc) is 3.22. The van der Waals surface area contributed by atoms with Crippen molar-refractivity contribution >= 4 is 11.6 Å². The van der Waals surface area contributed by atoms with Crippen LogP contribution in [0, 0.1) is 0 Å². The number of hydrogen-bond donors (Lipinski definition) is 0. The fourth-order valence-electron chi connectivity index (χ4n) is 3.96. The molecule has 1 saturated heterocycles. The molecule has 0 N–H and O–H groups in total. The summed E-state index contributed by atoms with van der Waals surface area (Å²) >= 11 is 0. The number of likely N-dealkylation sites (tertiary alicyclic amines) is 1. The summed E-state index contributed by atoms with van der Waals surface area (Å²) in [7, 11) is 1.65. The molecule has 2 heterocycles. The Morgan fingerprint density at radius 3 is 2.80 bits per heavy atom. The maximum absolute atomic E-state index is 13.1. The fraction of sp³-hybridized carbons (Fsp3) is 0.500. The highest BCUT2D eigenvalue weighted by atomic mass is 16.5. The second-order valence-corrected chi connectivity index (χ2v) is 7.66. The molecule has 162 valence electrons. The molecule has 0 aliphatic carbocycles. The van der Waals surface area contributed by atoms with Crippen LogP contribution in [0.25, 0.3) is 0 Å². The van der Waals surface area contributed by atoms with Gasteiger partial charge in [-0.15, -0.1) is 0 Å². The summed E-state index contributed by atoms with van der Waals surface area (Å²) in [5, 5.41) is 0. The zero-order chi connectivity index (χ0) is 21.2. The molecular formula is C24H33N3O3. The van der Waals surface area contributed by atoms with Gasteiger partial charge in [-0.25, -0.2) is 0 Å². The Morgan fingerprint density at radius 2 is 2.07 bits per heavy atom. The SMILES string of the molecule is CCCCN(C(=O)CN1CCC[C@@H]1CCOc1ccccc1OC)c1cccnc1. The molecule has 1 amide bonds. The van der Waals surface area contributed by atoms with Crippen LogP contribution >= 0.6 is 0 Å². The van der Waals surface area contributed by atoms with Gasteiger partial charge in [0.15, 0.2) is 11.5 Å². The molecule has 1 fully saturated rings. The maximum atomic E-state index is 13.1. The van der Waals surface area contributed by atoms with Gasteiger partial charge in [-0.3, -0.25) is 14.7 Å².